The summed E-state index contributed by atoms with van der Waals surface area (Å²) in [6.45, 7) is 0.388. The number of thiocarbonyl (C=S) groups is 1. The SMILES string of the molecule is NC(=S)CCOc1cccc(F)c1. The molecule has 0 atom stereocenters. The molecule has 0 aliphatic rings. The Labute approximate surface area is 81.5 Å². The van der Waals surface area contributed by atoms with E-state index >= 15 is 0 Å². The van der Waals surface area contributed by atoms with E-state index in [9.17, 15) is 4.39 Å². The first-order valence-corrected chi connectivity index (χ1v) is 4.26. The number of hydrogen-bond donors (Lipinski definition) is 1. The van der Waals surface area contributed by atoms with Gasteiger partial charge in [-0.2, -0.15) is 0 Å². The molecule has 0 amide bonds. The molecule has 0 saturated heterocycles. The molecule has 13 heavy (non-hydrogen) atoms. The maximum atomic E-state index is 12.6. The standard InChI is InChI=1S/C9H10FNOS/c10-7-2-1-3-8(6-7)12-5-4-9(11)13/h1-3,6H,4-5H2,(H2,11,13). The molecule has 1 aromatic carbocycles. The van der Waals surface area contributed by atoms with E-state index in [1.807, 2.05) is 0 Å². The summed E-state index contributed by atoms with van der Waals surface area (Å²) in [6.07, 6.45) is 0.506. The van der Waals surface area contributed by atoms with E-state index < -0.39 is 0 Å². The Morgan fingerprint density at radius 1 is 1.54 bits per heavy atom. The summed E-state index contributed by atoms with van der Waals surface area (Å²) in [5.41, 5.74) is 5.26. The normalized spacial score (nSPS) is 9.62. The summed E-state index contributed by atoms with van der Waals surface area (Å²) >= 11 is 4.66. The Balaban J connectivity index is 2.41. The first-order chi connectivity index (χ1) is 6.18. The van der Waals surface area contributed by atoms with Crippen molar-refractivity contribution in [2.45, 2.75) is 6.42 Å². The highest BCUT2D eigenvalue weighted by Crippen LogP contribution is 2.11. The van der Waals surface area contributed by atoms with Gasteiger partial charge in [0.1, 0.15) is 11.6 Å². The molecule has 2 nitrogen and oxygen atoms in total. The predicted octanol–water partition coefficient (Wildman–Crippen LogP) is 1.88. The average Bonchev–Trinajstić information content (AvgIpc) is 2.03. The van der Waals surface area contributed by atoms with Crippen LogP contribution in [0.2, 0.25) is 0 Å². The number of nitrogens with two attached hydrogens (primary N) is 1. The van der Waals surface area contributed by atoms with Crippen molar-refractivity contribution in [1.29, 1.82) is 0 Å². The van der Waals surface area contributed by atoms with Crippen molar-refractivity contribution in [1.82, 2.24) is 0 Å². The number of halogens is 1. The maximum absolute atomic E-state index is 12.6. The predicted molar refractivity (Wildman–Crippen MR) is 53.3 cm³/mol. The second-order valence-corrected chi connectivity index (χ2v) is 3.05. The molecule has 0 fully saturated rings. The van der Waals surface area contributed by atoms with Crippen LogP contribution in [0.3, 0.4) is 0 Å². The average molecular weight is 199 g/mol. The van der Waals surface area contributed by atoms with Gasteiger partial charge in [-0.3, -0.25) is 0 Å². The van der Waals surface area contributed by atoms with Crippen molar-refractivity contribution in [2.75, 3.05) is 6.61 Å². The van der Waals surface area contributed by atoms with Gasteiger partial charge in [0, 0.05) is 12.5 Å². The minimum absolute atomic E-state index is 0.312. The van der Waals surface area contributed by atoms with E-state index in [-0.39, 0.29) is 5.82 Å². The van der Waals surface area contributed by atoms with E-state index in [0.717, 1.165) is 0 Å². The molecule has 1 rings (SSSR count). The van der Waals surface area contributed by atoms with Gasteiger partial charge in [0.2, 0.25) is 0 Å². The third-order valence-corrected chi connectivity index (χ3v) is 1.62. The quantitative estimate of drug-likeness (QED) is 0.752. The summed E-state index contributed by atoms with van der Waals surface area (Å²) in [7, 11) is 0. The van der Waals surface area contributed by atoms with Crippen LogP contribution in [0.15, 0.2) is 24.3 Å². The van der Waals surface area contributed by atoms with E-state index in [0.29, 0.717) is 23.8 Å². The lowest BCUT2D eigenvalue weighted by Gasteiger charge is -2.04. The molecule has 0 bridgehead atoms. The zero-order chi connectivity index (χ0) is 9.68. The van der Waals surface area contributed by atoms with Crippen LogP contribution in [0.1, 0.15) is 6.42 Å². The Morgan fingerprint density at radius 2 is 2.31 bits per heavy atom. The largest absolute Gasteiger partial charge is 0.493 e. The fourth-order valence-electron chi connectivity index (χ4n) is 0.826. The van der Waals surface area contributed by atoms with Crippen LogP contribution < -0.4 is 10.5 Å². The van der Waals surface area contributed by atoms with Gasteiger partial charge < -0.3 is 10.5 Å². The van der Waals surface area contributed by atoms with Crippen molar-refractivity contribution in [3.8, 4) is 5.75 Å². The van der Waals surface area contributed by atoms with Gasteiger partial charge in [-0.25, -0.2) is 4.39 Å². The maximum Gasteiger partial charge on any atom is 0.126 e. The van der Waals surface area contributed by atoms with Crippen LogP contribution in [0.4, 0.5) is 4.39 Å². The molecule has 0 spiro atoms. The van der Waals surface area contributed by atoms with Crippen molar-refractivity contribution >= 4 is 17.2 Å². The van der Waals surface area contributed by atoms with Gasteiger partial charge in [-0.05, 0) is 12.1 Å². The molecule has 0 aromatic heterocycles. The van der Waals surface area contributed by atoms with Crippen LogP contribution in [-0.4, -0.2) is 11.6 Å². The van der Waals surface area contributed by atoms with Crippen molar-refractivity contribution in [3.63, 3.8) is 0 Å². The highest BCUT2D eigenvalue weighted by atomic mass is 32.1. The number of benzene rings is 1. The van der Waals surface area contributed by atoms with Crippen molar-refractivity contribution in [3.05, 3.63) is 30.1 Å². The third-order valence-electron chi connectivity index (χ3n) is 1.41. The lowest BCUT2D eigenvalue weighted by Crippen LogP contribution is -2.12. The Morgan fingerprint density at radius 3 is 2.92 bits per heavy atom. The summed E-state index contributed by atoms with van der Waals surface area (Å²) < 4.78 is 17.8. The molecule has 0 heterocycles. The summed E-state index contributed by atoms with van der Waals surface area (Å²) in [4.78, 5) is 0.399. The van der Waals surface area contributed by atoms with Gasteiger partial charge in [-0.1, -0.05) is 18.3 Å². The Hall–Kier alpha value is -1.16. The van der Waals surface area contributed by atoms with Gasteiger partial charge >= 0.3 is 0 Å². The molecule has 2 N–H and O–H groups in total. The van der Waals surface area contributed by atoms with Crippen LogP contribution in [0.5, 0.6) is 5.75 Å². The zero-order valence-corrected chi connectivity index (χ0v) is 7.81. The lowest BCUT2D eigenvalue weighted by atomic mass is 10.3. The van der Waals surface area contributed by atoms with Crippen molar-refractivity contribution in [2.24, 2.45) is 5.73 Å². The fraction of sp³-hybridized carbons (Fsp3) is 0.222. The molecule has 4 heteroatoms. The first kappa shape index (κ1) is 9.92. The molecule has 0 radical (unpaired) electrons. The minimum atomic E-state index is -0.312. The summed E-state index contributed by atoms with van der Waals surface area (Å²) in [5.74, 6) is 0.184. The highest BCUT2D eigenvalue weighted by molar-refractivity contribution is 7.80. The first-order valence-electron chi connectivity index (χ1n) is 3.85. The molecular formula is C9H10FNOS. The van der Waals surface area contributed by atoms with Gasteiger partial charge in [0.25, 0.3) is 0 Å². The topological polar surface area (TPSA) is 35.2 Å². The van der Waals surface area contributed by atoms with Crippen molar-refractivity contribution < 1.29 is 9.13 Å². The molecule has 0 saturated carbocycles. The lowest BCUT2D eigenvalue weighted by molar-refractivity contribution is 0.327. The van der Waals surface area contributed by atoms with Crippen LogP contribution >= 0.6 is 12.2 Å². The van der Waals surface area contributed by atoms with E-state index in [1.165, 1.54) is 12.1 Å². The Kier molecular flexibility index (Phi) is 3.64. The summed E-state index contributed by atoms with van der Waals surface area (Å²) in [6, 6.07) is 5.95. The summed E-state index contributed by atoms with van der Waals surface area (Å²) in [5, 5.41) is 0. The number of ether oxygens (including phenoxy) is 1. The van der Waals surface area contributed by atoms with Crippen LogP contribution in [0, 0.1) is 5.82 Å². The van der Waals surface area contributed by atoms with E-state index in [2.05, 4.69) is 12.2 Å². The van der Waals surface area contributed by atoms with E-state index in [4.69, 9.17) is 10.5 Å². The third kappa shape index (κ3) is 3.85. The molecule has 70 valence electrons. The monoisotopic (exact) mass is 199 g/mol. The second-order valence-electron chi connectivity index (χ2n) is 2.52. The van der Waals surface area contributed by atoms with Gasteiger partial charge in [0.15, 0.2) is 0 Å². The van der Waals surface area contributed by atoms with Gasteiger partial charge in [0.05, 0.1) is 11.6 Å². The van der Waals surface area contributed by atoms with Crippen LogP contribution in [0.25, 0.3) is 0 Å². The molecular weight excluding hydrogens is 189 g/mol. The molecule has 1 aromatic rings. The second kappa shape index (κ2) is 4.77. The zero-order valence-electron chi connectivity index (χ0n) is 7.00. The smallest absolute Gasteiger partial charge is 0.126 e. The van der Waals surface area contributed by atoms with Gasteiger partial charge in [-0.15, -0.1) is 0 Å². The molecule has 0 aliphatic heterocycles. The molecule has 0 unspecified atom stereocenters. The number of rotatable bonds is 4. The fourth-order valence-corrected chi connectivity index (χ4v) is 0.910. The highest BCUT2D eigenvalue weighted by Gasteiger charge is 1.95. The van der Waals surface area contributed by atoms with Crippen LogP contribution in [-0.2, 0) is 0 Å². The van der Waals surface area contributed by atoms with E-state index in [1.54, 1.807) is 12.1 Å². The number of hydrogen-bond acceptors (Lipinski definition) is 2. The minimum Gasteiger partial charge on any atom is -0.493 e. The molecule has 0 aliphatic carbocycles. The Bertz CT molecular complexity index is 303.